The largest absolute Gasteiger partial charge is 0.466 e. The fourth-order valence-electron chi connectivity index (χ4n) is 1.74. The van der Waals surface area contributed by atoms with Gasteiger partial charge in [-0.3, -0.25) is 4.79 Å². The molecule has 1 N–H and O–H groups in total. The first-order valence-corrected chi connectivity index (χ1v) is 4.98. The SMILES string of the molecule is C#CC1(O)CCC(C(=O)OCC)CC1. The van der Waals surface area contributed by atoms with Gasteiger partial charge >= 0.3 is 5.97 Å². The van der Waals surface area contributed by atoms with E-state index >= 15 is 0 Å². The van der Waals surface area contributed by atoms with Gasteiger partial charge in [-0.15, -0.1) is 6.42 Å². The van der Waals surface area contributed by atoms with Crippen molar-refractivity contribution in [2.45, 2.75) is 38.2 Å². The molecule has 0 atom stereocenters. The molecule has 0 aromatic heterocycles. The first-order valence-electron chi connectivity index (χ1n) is 4.98. The molecule has 0 amide bonds. The minimum Gasteiger partial charge on any atom is -0.466 e. The lowest BCUT2D eigenvalue weighted by Crippen LogP contribution is -2.35. The van der Waals surface area contributed by atoms with Crippen LogP contribution in [0.2, 0.25) is 0 Å². The molecule has 0 aromatic rings. The minimum atomic E-state index is -0.997. The molecule has 0 radical (unpaired) electrons. The fraction of sp³-hybridized carbons (Fsp3) is 0.727. The quantitative estimate of drug-likeness (QED) is 0.531. The van der Waals surface area contributed by atoms with Crippen molar-refractivity contribution >= 4 is 5.97 Å². The molecule has 0 saturated heterocycles. The van der Waals surface area contributed by atoms with E-state index in [2.05, 4.69) is 5.92 Å². The van der Waals surface area contributed by atoms with E-state index in [0.717, 1.165) is 0 Å². The van der Waals surface area contributed by atoms with Crippen molar-refractivity contribution in [3.63, 3.8) is 0 Å². The van der Waals surface area contributed by atoms with Crippen LogP contribution in [0.1, 0.15) is 32.6 Å². The van der Waals surface area contributed by atoms with Crippen LogP contribution in [-0.4, -0.2) is 23.3 Å². The highest BCUT2D eigenvalue weighted by atomic mass is 16.5. The first-order chi connectivity index (χ1) is 6.61. The van der Waals surface area contributed by atoms with Crippen LogP contribution in [0.25, 0.3) is 0 Å². The van der Waals surface area contributed by atoms with Crippen molar-refractivity contribution in [3.8, 4) is 12.3 Å². The van der Waals surface area contributed by atoms with E-state index in [1.165, 1.54) is 0 Å². The van der Waals surface area contributed by atoms with Crippen LogP contribution in [0.15, 0.2) is 0 Å². The molecule has 0 spiro atoms. The molecule has 0 aromatic carbocycles. The van der Waals surface area contributed by atoms with Crippen LogP contribution < -0.4 is 0 Å². The summed E-state index contributed by atoms with van der Waals surface area (Å²) < 4.78 is 4.91. The molecule has 3 heteroatoms. The summed E-state index contributed by atoms with van der Waals surface area (Å²) in [5.74, 6) is 2.13. The van der Waals surface area contributed by atoms with Gasteiger partial charge in [0.25, 0.3) is 0 Å². The second kappa shape index (κ2) is 4.47. The lowest BCUT2D eigenvalue weighted by Gasteiger charge is -2.30. The molecule has 14 heavy (non-hydrogen) atoms. The Morgan fingerprint density at radius 2 is 2.21 bits per heavy atom. The number of hydrogen-bond donors (Lipinski definition) is 1. The highest BCUT2D eigenvalue weighted by Crippen LogP contribution is 2.32. The number of rotatable bonds is 2. The number of carbonyl (C=O) groups excluding carboxylic acids is 1. The maximum absolute atomic E-state index is 11.3. The number of aliphatic hydroxyl groups is 1. The van der Waals surface area contributed by atoms with Crippen LogP contribution in [-0.2, 0) is 9.53 Å². The smallest absolute Gasteiger partial charge is 0.308 e. The Morgan fingerprint density at radius 1 is 1.64 bits per heavy atom. The predicted octanol–water partition coefficient (Wildman–Crippen LogP) is 1.10. The Kier molecular flexibility index (Phi) is 3.54. The van der Waals surface area contributed by atoms with E-state index in [9.17, 15) is 9.90 Å². The Balaban J connectivity index is 2.44. The van der Waals surface area contributed by atoms with Crippen molar-refractivity contribution in [2.24, 2.45) is 5.92 Å². The van der Waals surface area contributed by atoms with E-state index in [4.69, 9.17) is 11.2 Å². The fourth-order valence-corrected chi connectivity index (χ4v) is 1.74. The third kappa shape index (κ3) is 2.49. The predicted molar refractivity (Wildman–Crippen MR) is 52.4 cm³/mol. The van der Waals surface area contributed by atoms with Crippen LogP contribution in [0.3, 0.4) is 0 Å². The molecular formula is C11H16O3. The third-order valence-corrected chi connectivity index (χ3v) is 2.70. The molecule has 3 nitrogen and oxygen atoms in total. The lowest BCUT2D eigenvalue weighted by molar-refractivity contribution is -0.150. The molecule has 78 valence electrons. The zero-order chi connectivity index (χ0) is 10.6. The highest BCUT2D eigenvalue weighted by molar-refractivity contribution is 5.72. The summed E-state index contributed by atoms with van der Waals surface area (Å²) in [7, 11) is 0. The van der Waals surface area contributed by atoms with Gasteiger partial charge in [-0.25, -0.2) is 0 Å². The van der Waals surface area contributed by atoms with Gasteiger partial charge in [0, 0.05) is 0 Å². The highest BCUT2D eigenvalue weighted by Gasteiger charge is 2.34. The van der Waals surface area contributed by atoms with Gasteiger partial charge in [0.1, 0.15) is 5.60 Å². The van der Waals surface area contributed by atoms with Crippen LogP contribution >= 0.6 is 0 Å². The van der Waals surface area contributed by atoms with Gasteiger partial charge in [-0.1, -0.05) is 5.92 Å². The van der Waals surface area contributed by atoms with Crippen LogP contribution in [0.4, 0.5) is 0 Å². The summed E-state index contributed by atoms with van der Waals surface area (Å²) in [4.78, 5) is 11.3. The van der Waals surface area contributed by atoms with E-state index in [-0.39, 0.29) is 11.9 Å². The van der Waals surface area contributed by atoms with Gasteiger partial charge < -0.3 is 9.84 Å². The maximum Gasteiger partial charge on any atom is 0.308 e. The summed E-state index contributed by atoms with van der Waals surface area (Å²) >= 11 is 0. The number of carbonyl (C=O) groups is 1. The van der Waals surface area contributed by atoms with E-state index in [0.29, 0.717) is 32.3 Å². The normalized spacial score (nSPS) is 31.9. The van der Waals surface area contributed by atoms with Crippen LogP contribution in [0, 0.1) is 18.3 Å². The molecule has 1 rings (SSSR count). The second-order valence-corrected chi connectivity index (χ2v) is 3.70. The summed E-state index contributed by atoms with van der Waals surface area (Å²) in [5, 5.41) is 9.72. The molecule has 0 aliphatic heterocycles. The Hall–Kier alpha value is -1.01. The summed E-state index contributed by atoms with van der Waals surface area (Å²) in [6.45, 7) is 2.20. The van der Waals surface area contributed by atoms with E-state index in [1.54, 1.807) is 6.92 Å². The number of ether oxygens (including phenoxy) is 1. The Morgan fingerprint density at radius 3 is 2.64 bits per heavy atom. The van der Waals surface area contributed by atoms with Crippen molar-refractivity contribution in [1.29, 1.82) is 0 Å². The van der Waals surface area contributed by atoms with Crippen molar-refractivity contribution < 1.29 is 14.6 Å². The van der Waals surface area contributed by atoms with Crippen molar-refractivity contribution in [3.05, 3.63) is 0 Å². The molecular weight excluding hydrogens is 180 g/mol. The number of esters is 1. The molecule has 1 fully saturated rings. The van der Waals surface area contributed by atoms with E-state index < -0.39 is 5.60 Å². The van der Waals surface area contributed by atoms with Gasteiger partial charge in [0.15, 0.2) is 0 Å². The molecule has 0 bridgehead atoms. The lowest BCUT2D eigenvalue weighted by atomic mass is 9.79. The second-order valence-electron chi connectivity index (χ2n) is 3.70. The van der Waals surface area contributed by atoms with Gasteiger partial charge in [0.05, 0.1) is 12.5 Å². The monoisotopic (exact) mass is 196 g/mol. The minimum absolute atomic E-state index is 0.0800. The van der Waals surface area contributed by atoms with Crippen molar-refractivity contribution in [1.82, 2.24) is 0 Å². The zero-order valence-electron chi connectivity index (χ0n) is 8.45. The summed E-state index contributed by atoms with van der Waals surface area (Å²) in [6.07, 6.45) is 7.44. The number of hydrogen-bond acceptors (Lipinski definition) is 3. The van der Waals surface area contributed by atoms with Gasteiger partial charge in [-0.2, -0.15) is 0 Å². The van der Waals surface area contributed by atoms with E-state index in [1.807, 2.05) is 0 Å². The average molecular weight is 196 g/mol. The van der Waals surface area contributed by atoms with Crippen LogP contribution in [0.5, 0.6) is 0 Å². The Labute approximate surface area is 84.5 Å². The maximum atomic E-state index is 11.3. The molecule has 0 heterocycles. The topological polar surface area (TPSA) is 46.5 Å². The molecule has 1 saturated carbocycles. The average Bonchev–Trinajstić information content (AvgIpc) is 2.19. The molecule has 1 aliphatic carbocycles. The van der Waals surface area contributed by atoms with Gasteiger partial charge in [-0.05, 0) is 32.6 Å². The number of terminal acetylenes is 1. The Bertz CT molecular complexity index is 244. The van der Waals surface area contributed by atoms with Crippen molar-refractivity contribution in [2.75, 3.05) is 6.61 Å². The molecule has 1 aliphatic rings. The summed E-state index contributed by atoms with van der Waals surface area (Å²) in [5.41, 5.74) is -0.997. The van der Waals surface area contributed by atoms with Gasteiger partial charge in [0.2, 0.25) is 0 Å². The summed E-state index contributed by atoms with van der Waals surface area (Å²) in [6, 6.07) is 0. The first kappa shape index (κ1) is 11.1. The standard InChI is InChI=1S/C11H16O3/c1-3-11(13)7-5-9(6-8-11)10(12)14-4-2/h1,9,13H,4-8H2,2H3. The molecule has 0 unspecified atom stereocenters. The zero-order valence-corrected chi connectivity index (χ0v) is 8.45. The third-order valence-electron chi connectivity index (χ3n) is 2.70.